The average molecular weight is 220 g/mol. The molecule has 0 saturated carbocycles. The molecule has 0 N–H and O–H groups in total. The van der Waals surface area contributed by atoms with Crippen LogP contribution in [0.4, 0.5) is 0 Å². The van der Waals surface area contributed by atoms with Gasteiger partial charge in [0.25, 0.3) is 0 Å². The number of hydrogen-bond acceptors (Lipinski definition) is 3. The number of carbonyl (C=O) groups is 1. The van der Waals surface area contributed by atoms with Crippen LogP contribution in [-0.4, -0.2) is 24.8 Å². The second-order valence-electron chi connectivity index (χ2n) is 4.03. The van der Waals surface area contributed by atoms with E-state index in [9.17, 15) is 4.79 Å². The van der Waals surface area contributed by atoms with Crippen molar-refractivity contribution in [1.29, 1.82) is 0 Å². The molecule has 0 amide bonds. The van der Waals surface area contributed by atoms with Gasteiger partial charge in [-0.2, -0.15) is 0 Å². The van der Waals surface area contributed by atoms with Crippen molar-refractivity contribution in [2.45, 2.75) is 32.0 Å². The lowest BCUT2D eigenvalue weighted by Gasteiger charge is -2.18. The molecular formula is C13H16O3. The van der Waals surface area contributed by atoms with Crippen LogP contribution in [0, 0.1) is 0 Å². The summed E-state index contributed by atoms with van der Waals surface area (Å²) < 4.78 is 10.8. The molecule has 0 aliphatic carbocycles. The van der Waals surface area contributed by atoms with Gasteiger partial charge in [0.05, 0.1) is 11.7 Å². The first-order valence-corrected chi connectivity index (χ1v) is 5.65. The lowest BCUT2D eigenvalue weighted by atomic mass is 10.1. The van der Waals surface area contributed by atoms with E-state index in [-0.39, 0.29) is 18.2 Å². The molecule has 16 heavy (non-hydrogen) atoms. The molecule has 2 atom stereocenters. The topological polar surface area (TPSA) is 35.5 Å². The fourth-order valence-electron chi connectivity index (χ4n) is 1.86. The Morgan fingerprint density at radius 1 is 1.44 bits per heavy atom. The van der Waals surface area contributed by atoms with Gasteiger partial charge < -0.3 is 9.47 Å². The minimum absolute atomic E-state index is 0.0627. The molecule has 1 aliphatic rings. The summed E-state index contributed by atoms with van der Waals surface area (Å²) in [5, 5.41) is 0. The molecule has 1 fully saturated rings. The van der Waals surface area contributed by atoms with Crippen LogP contribution in [0.25, 0.3) is 0 Å². The van der Waals surface area contributed by atoms with E-state index in [1.807, 2.05) is 25.1 Å². The van der Waals surface area contributed by atoms with Crippen molar-refractivity contribution < 1.29 is 14.3 Å². The van der Waals surface area contributed by atoms with E-state index >= 15 is 0 Å². The summed E-state index contributed by atoms with van der Waals surface area (Å²) >= 11 is 0. The van der Waals surface area contributed by atoms with Gasteiger partial charge in [-0.3, -0.25) is 0 Å². The molecule has 1 aromatic rings. The standard InChI is InChI=1S/C13H16O3/c1-10(12-8-5-9-15-12)16-13(14)11-6-3-2-4-7-11/h2-4,6-7,10,12H,5,8-9H2,1H3. The van der Waals surface area contributed by atoms with Gasteiger partial charge in [-0.15, -0.1) is 0 Å². The zero-order chi connectivity index (χ0) is 11.4. The Morgan fingerprint density at radius 3 is 2.81 bits per heavy atom. The molecule has 0 spiro atoms. The summed E-state index contributed by atoms with van der Waals surface area (Å²) in [6, 6.07) is 9.04. The number of rotatable bonds is 3. The van der Waals surface area contributed by atoms with Crippen molar-refractivity contribution in [2.24, 2.45) is 0 Å². The summed E-state index contributed by atoms with van der Waals surface area (Å²) in [5.41, 5.74) is 0.590. The fraction of sp³-hybridized carbons (Fsp3) is 0.462. The van der Waals surface area contributed by atoms with Crippen LogP contribution >= 0.6 is 0 Å². The molecule has 1 aromatic carbocycles. The summed E-state index contributed by atoms with van der Waals surface area (Å²) in [6.45, 7) is 2.66. The largest absolute Gasteiger partial charge is 0.456 e. The molecule has 0 radical (unpaired) electrons. The predicted octanol–water partition coefficient (Wildman–Crippen LogP) is 2.41. The molecular weight excluding hydrogens is 204 g/mol. The fourth-order valence-corrected chi connectivity index (χ4v) is 1.86. The monoisotopic (exact) mass is 220 g/mol. The van der Waals surface area contributed by atoms with Gasteiger partial charge in [-0.05, 0) is 31.9 Å². The van der Waals surface area contributed by atoms with Crippen molar-refractivity contribution in [3.05, 3.63) is 35.9 Å². The molecule has 1 heterocycles. The highest BCUT2D eigenvalue weighted by Gasteiger charge is 2.25. The van der Waals surface area contributed by atoms with Gasteiger partial charge in [-0.1, -0.05) is 18.2 Å². The van der Waals surface area contributed by atoms with Crippen LogP contribution in [0.2, 0.25) is 0 Å². The van der Waals surface area contributed by atoms with Crippen LogP contribution in [0.5, 0.6) is 0 Å². The van der Waals surface area contributed by atoms with E-state index in [2.05, 4.69) is 0 Å². The van der Waals surface area contributed by atoms with E-state index in [0.717, 1.165) is 19.4 Å². The smallest absolute Gasteiger partial charge is 0.338 e. The molecule has 2 rings (SSSR count). The van der Waals surface area contributed by atoms with E-state index in [4.69, 9.17) is 9.47 Å². The van der Waals surface area contributed by atoms with Gasteiger partial charge >= 0.3 is 5.97 Å². The van der Waals surface area contributed by atoms with E-state index in [0.29, 0.717) is 5.56 Å². The number of hydrogen-bond donors (Lipinski definition) is 0. The number of carbonyl (C=O) groups excluding carboxylic acids is 1. The third-order valence-corrected chi connectivity index (χ3v) is 2.79. The zero-order valence-electron chi connectivity index (χ0n) is 9.39. The third kappa shape index (κ3) is 2.61. The van der Waals surface area contributed by atoms with Gasteiger partial charge in [0.2, 0.25) is 0 Å². The zero-order valence-corrected chi connectivity index (χ0v) is 9.39. The minimum atomic E-state index is -0.274. The summed E-state index contributed by atoms with van der Waals surface area (Å²) in [5.74, 6) is -0.274. The lowest BCUT2D eigenvalue weighted by molar-refractivity contribution is -0.0212. The van der Waals surface area contributed by atoms with Crippen molar-refractivity contribution in [1.82, 2.24) is 0 Å². The highest BCUT2D eigenvalue weighted by atomic mass is 16.6. The quantitative estimate of drug-likeness (QED) is 0.734. The van der Waals surface area contributed by atoms with Crippen LogP contribution in [0.15, 0.2) is 30.3 Å². The Labute approximate surface area is 95.4 Å². The first-order valence-electron chi connectivity index (χ1n) is 5.65. The molecule has 86 valence electrons. The molecule has 1 aliphatic heterocycles. The van der Waals surface area contributed by atoms with Gasteiger partial charge in [0, 0.05) is 6.61 Å². The number of esters is 1. The van der Waals surface area contributed by atoms with E-state index < -0.39 is 0 Å². The van der Waals surface area contributed by atoms with Crippen molar-refractivity contribution in [3.8, 4) is 0 Å². The second kappa shape index (κ2) is 5.12. The van der Waals surface area contributed by atoms with Crippen molar-refractivity contribution in [2.75, 3.05) is 6.61 Å². The minimum Gasteiger partial charge on any atom is -0.456 e. The summed E-state index contributed by atoms with van der Waals surface area (Å²) in [4.78, 5) is 11.7. The highest BCUT2D eigenvalue weighted by Crippen LogP contribution is 2.18. The molecule has 3 nitrogen and oxygen atoms in total. The normalized spacial score (nSPS) is 21.7. The summed E-state index contributed by atoms with van der Waals surface area (Å²) in [6.07, 6.45) is 1.92. The number of benzene rings is 1. The van der Waals surface area contributed by atoms with E-state index in [1.54, 1.807) is 12.1 Å². The molecule has 0 aromatic heterocycles. The van der Waals surface area contributed by atoms with Crippen LogP contribution < -0.4 is 0 Å². The van der Waals surface area contributed by atoms with E-state index in [1.165, 1.54) is 0 Å². The number of ether oxygens (including phenoxy) is 2. The maximum atomic E-state index is 11.7. The van der Waals surface area contributed by atoms with Gasteiger partial charge in [0.1, 0.15) is 6.10 Å². The van der Waals surface area contributed by atoms with Gasteiger partial charge in [-0.25, -0.2) is 4.79 Å². The summed E-state index contributed by atoms with van der Waals surface area (Å²) in [7, 11) is 0. The Bertz CT molecular complexity index is 341. The third-order valence-electron chi connectivity index (χ3n) is 2.79. The SMILES string of the molecule is CC(OC(=O)c1ccccc1)C1CCCO1. The average Bonchev–Trinajstić information content (AvgIpc) is 2.83. The maximum Gasteiger partial charge on any atom is 0.338 e. The molecule has 1 saturated heterocycles. The van der Waals surface area contributed by atoms with Crippen LogP contribution in [0.3, 0.4) is 0 Å². The van der Waals surface area contributed by atoms with Gasteiger partial charge in [0.15, 0.2) is 0 Å². The molecule has 0 bridgehead atoms. The Morgan fingerprint density at radius 2 is 2.19 bits per heavy atom. The first kappa shape index (κ1) is 11.1. The molecule has 3 heteroatoms. The highest BCUT2D eigenvalue weighted by molar-refractivity contribution is 5.89. The second-order valence-corrected chi connectivity index (χ2v) is 4.03. The Balaban J connectivity index is 1.92. The molecule has 2 unspecified atom stereocenters. The van der Waals surface area contributed by atoms with Crippen LogP contribution in [-0.2, 0) is 9.47 Å². The Kier molecular flexibility index (Phi) is 3.57. The van der Waals surface area contributed by atoms with Crippen LogP contribution in [0.1, 0.15) is 30.1 Å². The first-order chi connectivity index (χ1) is 7.77. The van der Waals surface area contributed by atoms with Crippen molar-refractivity contribution in [3.63, 3.8) is 0 Å². The lowest BCUT2D eigenvalue weighted by Crippen LogP contribution is -2.27. The van der Waals surface area contributed by atoms with Crippen molar-refractivity contribution >= 4 is 5.97 Å². The Hall–Kier alpha value is -1.35. The maximum absolute atomic E-state index is 11.7. The predicted molar refractivity (Wildman–Crippen MR) is 60.3 cm³/mol.